The molecule has 0 spiro atoms. The van der Waals surface area contributed by atoms with Crippen molar-refractivity contribution in [1.29, 1.82) is 0 Å². The van der Waals surface area contributed by atoms with Crippen molar-refractivity contribution in [2.75, 3.05) is 14.2 Å². The Kier molecular flexibility index (Phi) is 3.00. The van der Waals surface area contributed by atoms with Crippen LogP contribution in [0.15, 0.2) is 36.9 Å². The number of nitrogens with zero attached hydrogens (tertiary/aromatic N) is 2. The van der Waals surface area contributed by atoms with Gasteiger partial charge in [0, 0.05) is 35.9 Å². The number of pyridine rings is 2. The molecule has 0 radical (unpaired) electrons. The number of hydrogen-bond acceptors (Lipinski definition) is 4. The molecule has 0 fully saturated rings. The smallest absolute Gasteiger partial charge is 0.129 e. The average molecular weight is 216 g/mol. The molecule has 0 bridgehead atoms. The molecule has 0 aliphatic carbocycles. The van der Waals surface area contributed by atoms with Crippen molar-refractivity contribution in [3.05, 3.63) is 36.9 Å². The quantitative estimate of drug-likeness (QED) is 0.788. The van der Waals surface area contributed by atoms with Gasteiger partial charge in [-0.25, -0.2) is 0 Å². The second-order valence-electron chi connectivity index (χ2n) is 3.15. The Labute approximate surface area is 93.9 Å². The molecule has 0 saturated heterocycles. The highest BCUT2D eigenvalue weighted by molar-refractivity contribution is 5.74. The van der Waals surface area contributed by atoms with E-state index in [9.17, 15) is 0 Å². The third kappa shape index (κ3) is 1.82. The molecule has 0 aromatic carbocycles. The van der Waals surface area contributed by atoms with Crippen molar-refractivity contribution >= 4 is 0 Å². The Morgan fingerprint density at radius 1 is 0.812 bits per heavy atom. The average Bonchev–Trinajstić information content (AvgIpc) is 2.38. The van der Waals surface area contributed by atoms with E-state index >= 15 is 0 Å². The summed E-state index contributed by atoms with van der Waals surface area (Å²) >= 11 is 0. The molecule has 0 aliphatic rings. The molecule has 4 nitrogen and oxygen atoms in total. The zero-order valence-corrected chi connectivity index (χ0v) is 9.18. The molecule has 2 rings (SSSR count). The minimum absolute atomic E-state index is 0.751. The fourth-order valence-corrected chi connectivity index (χ4v) is 1.52. The maximum absolute atomic E-state index is 5.28. The summed E-state index contributed by atoms with van der Waals surface area (Å²) in [4.78, 5) is 8.16. The zero-order valence-electron chi connectivity index (χ0n) is 9.18. The van der Waals surface area contributed by atoms with E-state index in [0.717, 1.165) is 22.6 Å². The van der Waals surface area contributed by atoms with Gasteiger partial charge >= 0.3 is 0 Å². The normalized spacial score (nSPS) is 9.88. The lowest BCUT2D eigenvalue weighted by atomic mass is 10.1. The van der Waals surface area contributed by atoms with E-state index in [0.29, 0.717) is 0 Å². The van der Waals surface area contributed by atoms with Crippen LogP contribution in [0.1, 0.15) is 0 Å². The third-order valence-electron chi connectivity index (χ3n) is 2.29. The highest BCUT2D eigenvalue weighted by Gasteiger charge is 2.10. The van der Waals surface area contributed by atoms with Crippen molar-refractivity contribution in [2.45, 2.75) is 0 Å². The van der Waals surface area contributed by atoms with E-state index in [2.05, 4.69) is 9.97 Å². The molecule has 0 atom stereocenters. The highest BCUT2D eigenvalue weighted by Crippen LogP contribution is 2.34. The van der Waals surface area contributed by atoms with E-state index < -0.39 is 0 Å². The van der Waals surface area contributed by atoms with E-state index in [4.69, 9.17) is 9.47 Å². The summed E-state index contributed by atoms with van der Waals surface area (Å²) in [6.07, 6.45) is 6.84. The van der Waals surface area contributed by atoms with Gasteiger partial charge in [0.25, 0.3) is 0 Å². The molecule has 0 N–H and O–H groups in total. The van der Waals surface area contributed by atoms with Gasteiger partial charge in [0.1, 0.15) is 11.5 Å². The first-order valence-electron chi connectivity index (χ1n) is 4.83. The van der Waals surface area contributed by atoms with Crippen LogP contribution in [0, 0.1) is 0 Å². The maximum Gasteiger partial charge on any atom is 0.129 e. The van der Waals surface area contributed by atoms with Gasteiger partial charge in [-0.1, -0.05) is 0 Å². The van der Waals surface area contributed by atoms with Gasteiger partial charge in [-0.2, -0.15) is 0 Å². The van der Waals surface area contributed by atoms with E-state index in [-0.39, 0.29) is 0 Å². The number of hydrogen-bond donors (Lipinski definition) is 0. The van der Waals surface area contributed by atoms with Crippen molar-refractivity contribution < 1.29 is 9.47 Å². The van der Waals surface area contributed by atoms with Crippen LogP contribution < -0.4 is 9.47 Å². The summed E-state index contributed by atoms with van der Waals surface area (Å²) in [5.41, 5.74) is 1.74. The van der Waals surface area contributed by atoms with Crippen LogP contribution in [-0.4, -0.2) is 24.2 Å². The summed E-state index contributed by atoms with van der Waals surface area (Å²) in [6, 6.07) is 3.61. The minimum Gasteiger partial charge on any atom is -0.496 e. The molecular formula is C12H12N2O2. The van der Waals surface area contributed by atoms with E-state index in [1.165, 1.54) is 0 Å². The number of rotatable bonds is 3. The summed E-state index contributed by atoms with van der Waals surface area (Å²) in [7, 11) is 3.25. The van der Waals surface area contributed by atoms with Crippen molar-refractivity contribution in [1.82, 2.24) is 9.97 Å². The lowest BCUT2D eigenvalue weighted by Crippen LogP contribution is -1.92. The molecule has 4 heteroatoms. The Morgan fingerprint density at radius 2 is 1.25 bits per heavy atom. The molecule has 2 aromatic rings. The molecule has 0 unspecified atom stereocenters. The summed E-state index contributed by atoms with van der Waals surface area (Å²) in [5, 5.41) is 0. The molecule has 82 valence electrons. The molecule has 16 heavy (non-hydrogen) atoms. The van der Waals surface area contributed by atoms with Gasteiger partial charge in [0.05, 0.1) is 14.2 Å². The third-order valence-corrected chi connectivity index (χ3v) is 2.29. The van der Waals surface area contributed by atoms with Gasteiger partial charge in [0.15, 0.2) is 0 Å². The molecule has 2 heterocycles. The number of aromatic nitrogens is 2. The SMILES string of the molecule is COc1ccncc1-c1cnccc1OC. The molecule has 2 aromatic heterocycles. The van der Waals surface area contributed by atoms with Crippen LogP contribution in [0.4, 0.5) is 0 Å². The fourth-order valence-electron chi connectivity index (χ4n) is 1.52. The lowest BCUT2D eigenvalue weighted by Gasteiger charge is -2.10. The van der Waals surface area contributed by atoms with Crippen molar-refractivity contribution in [2.24, 2.45) is 0 Å². The van der Waals surface area contributed by atoms with Gasteiger partial charge in [-0.3, -0.25) is 9.97 Å². The Morgan fingerprint density at radius 3 is 1.62 bits per heavy atom. The standard InChI is InChI=1S/C12H12N2O2/c1-15-11-3-5-13-7-9(11)10-8-14-6-4-12(10)16-2/h3-8H,1-2H3. The Hall–Kier alpha value is -2.10. The van der Waals surface area contributed by atoms with Gasteiger partial charge in [0.2, 0.25) is 0 Å². The number of methoxy groups -OCH3 is 2. The number of ether oxygens (including phenoxy) is 2. The maximum atomic E-state index is 5.28. The Bertz CT molecular complexity index is 440. The Balaban J connectivity index is 2.58. The van der Waals surface area contributed by atoms with Crippen LogP contribution in [0.3, 0.4) is 0 Å². The highest BCUT2D eigenvalue weighted by atomic mass is 16.5. The topological polar surface area (TPSA) is 44.2 Å². The first-order valence-corrected chi connectivity index (χ1v) is 4.83. The predicted octanol–water partition coefficient (Wildman–Crippen LogP) is 2.16. The van der Waals surface area contributed by atoms with Crippen molar-refractivity contribution in [3.8, 4) is 22.6 Å². The lowest BCUT2D eigenvalue weighted by molar-refractivity contribution is 0.409. The summed E-state index contributed by atoms with van der Waals surface area (Å²) in [6.45, 7) is 0. The van der Waals surface area contributed by atoms with Crippen molar-refractivity contribution in [3.63, 3.8) is 0 Å². The van der Waals surface area contributed by atoms with Crippen LogP contribution >= 0.6 is 0 Å². The summed E-state index contributed by atoms with van der Waals surface area (Å²) < 4.78 is 10.6. The molecule has 0 aliphatic heterocycles. The predicted molar refractivity (Wildman–Crippen MR) is 60.6 cm³/mol. The van der Waals surface area contributed by atoms with E-state index in [1.54, 1.807) is 39.0 Å². The van der Waals surface area contributed by atoms with Crippen LogP contribution in [0.2, 0.25) is 0 Å². The molecule has 0 amide bonds. The van der Waals surface area contributed by atoms with Gasteiger partial charge in [-0.05, 0) is 12.1 Å². The first-order chi connectivity index (χ1) is 7.86. The molecule has 0 saturated carbocycles. The van der Waals surface area contributed by atoms with E-state index in [1.807, 2.05) is 12.1 Å². The van der Waals surface area contributed by atoms with Gasteiger partial charge in [-0.15, -0.1) is 0 Å². The minimum atomic E-state index is 0.751. The zero-order chi connectivity index (χ0) is 11.4. The fraction of sp³-hybridized carbons (Fsp3) is 0.167. The summed E-state index contributed by atoms with van der Waals surface area (Å²) in [5.74, 6) is 1.50. The van der Waals surface area contributed by atoms with Crippen LogP contribution in [-0.2, 0) is 0 Å². The van der Waals surface area contributed by atoms with Gasteiger partial charge < -0.3 is 9.47 Å². The monoisotopic (exact) mass is 216 g/mol. The largest absolute Gasteiger partial charge is 0.496 e. The second kappa shape index (κ2) is 4.61. The first kappa shape index (κ1) is 10.4. The van der Waals surface area contributed by atoms with Crippen LogP contribution in [0.5, 0.6) is 11.5 Å². The molecular weight excluding hydrogens is 204 g/mol. The second-order valence-corrected chi connectivity index (χ2v) is 3.15. The van der Waals surface area contributed by atoms with Crippen LogP contribution in [0.25, 0.3) is 11.1 Å².